The second-order valence-electron chi connectivity index (χ2n) is 6.67. The van der Waals surface area contributed by atoms with Crippen molar-refractivity contribution < 1.29 is 17.9 Å². The van der Waals surface area contributed by atoms with E-state index in [4.69, 9.17) is 10.5 Å². The number of hydrogen-bond acceptors (Lipinski definition) is 5. The third kappa shape index (κ3) is 3.71. The number of para-hydroxylation sites is 1. The van der Waals surface area contributed by atoms with Gasteiger partial charge in [0.25, 0.3) is 0 Å². The molecule has 2 heterocycles. The lowest BCUT2D eigenvalue weighted by Gasteiger charge is -2.42. The molecule has 1 spiro atoms. The zero-order valence-electron chi connectivity index (χ0n) is 13.8. The molecular weight excluding hydrogens is 330 g/mol. The van der Waals surface area contributed by atoms with Crippen LogP contribution in [0.2, 0.25) is 0 Å². The number of carbonyl (C=O) groups is 1. The predicted octanol–water partition coefficient (Wildman–Crippen LogP) is 0.161. The van der Waals surface area contributed by atoms with E-state index >= 15 is 0 Å². The molecular formula is C16H23N3O4S. The van der Waals surface area contributed by atoms with Crippen molar-refractivity contribution in [3.05, 3.63) is 29.8 Å². The Morgan fingerprint density at radius 1 is 1.29 bits per heavy atom. The highest BCUT2D eigenvalue weighted by molar-refractivity contribution is 7.88. The van der Waals surface area contributed by atoms with Crippen LogP contribution in [0, 0.1) is 0 Å². The Bertz CT molecular complexity index is 727. The maximum Gasteiger partial charge on any atom is 0.231 e. The van der Waals surface area contributed by atoms with Crippen LogP contribution in [-0.2, 0) is 21.4 Å². The number of fused-ring (bicyclic) bond motifs is 1. The van der Waals surface area contributed by atoms with Gasteiger partial charge in [0, 0.05) is 38.0 Å². The van der Waals surface area contributed by atoms with Crippen molar-refractivity contribution in [1.82, 2.24) is 9.21 Å². The van der Waals surface area contributed by atoms with Crippen LogP contribution in [0.3, 0.4) is 0 Å². The molecule has 0 aliphatic carbocycles. The molecule has 1 aromatic rings. The van der Waals surface area contributed by atoms with E-state index < -0.39 is 15.6 Å². The van der Waals surface area contributed by atoms with E-state index in [2.05, 4.69) is 0 Å². The van der Waals surface area contributed by atoms with Gasteiger partial charge in [0.15, 0.2) is 0 Å². The van der Waals surface area contributed by atoms with E-state index in [1.807, 2.05) is 29.2 Å². The summed E-state index contributed by atoms with van der Waals surface area (Å²) in [6.07, 6.45) is 2.54. The number of sulfonamides is 1. The zero-order chi connectivity index (χ0) is 17.4. The number of nitrogens with two attached hydrogens (primary N) is 1. The summed E-state index contributed by atoms with van der Waals surface area (Å²) in [5.41, 5.74) is 5.57. The number of hydrogen-bond donors (Lipinski definition) is 1. The molecule has 1 aromatic carbocycles. The Kier molecular flexibility index (Phi) is 4.54. The molecule has 3 rings (SSSR count). The number of benzene rings is 1. The van der Waals surface area contributed by atoms with E-state index in [1.165, 1.54) is 10.6 Å². The summed E-state index contributed by atoms with van der Waals surface area (Å²) in [5.74, 6) is 0.392. The molecule has 2 aliphatic heterocycles. The van der Waals surface area contributed by atoms with Gasteiger partial charge < -0.3 is 10.5 Å². The molecule has 1 amide bonds. The van der Waals surface area contributed by atoms with Crippen LogP contribution >= 0.6 is 0 Å². The van der Waals surface area contributed by atoms with Gasteiger partial charge >= 0.3 is 0 Å². The van der Waals surface area contributed by atoms with Gasteiger partial charge in [-0.3, -0.25) is 9.69 Å². The molecule has 2 N–H and O–H groups in total. The van der Waals surface area contributed by atoms with E-state index in [1.54, 1.807) is 0 Å². The maximum absolute atomic E-state index is 12.2. The van der Waals surface area contributed by atoms with Gasteiger partial charge in [-0.15, -0.1) is 0 Å². The Morgan fingerprint density at radius 2 is 1.96 bits per heavy atom. The largest absolute Gasteiger partial charge is 0.485 e. The van der Waals surface area contributed by atoms with Gasteiger partial charge in [0.1, 0.15) is 11.4 Å². The molecule has 1 fully saturated rings. The number of carbonyl (C=O) groups excluding carboxylic acids is 1. The Balaban J connectivity index is 1.87. The second kappa shape index (κ2) is 6.34. The van der Waals surface area contributed by atoms with Crippen LogP contribution < -0.4 is 10.5 Å². The average Bonchev–Trinajstić information content (AvgIpc) is 2.66. The monoisotopic (exact) mass is 353 g/mol. The van der Waals surface area contributed by atoms with Crippen LogP contribution in [0.5, 0.6) is 5.75 Å². The molecule has 7 nitrogen and oxygen atoms in total. The standard InChI is InChI=1S/C16H23N3O4S/c1-24(21,22)19-10-13-4-2-3-5-14(13)23-16(12-19)6-8-18(9-7-16)11-15(17)20/h2-5H,6-12H2,1H3,(H2,17,20). The molecule has 0 atom stereocenters. The quantitative estimate of drug-likeness (QED) is 0.836. The summed E-state index contributed by atoms with van der Waals surface area (Å²) < 4.78 is 32.2. The summed E-state index contributed by atoms with van der Waals surface area (Å²) in [5, 5.41) is 0. The highest BCUT2D eigenvalue weighted by Gasteiger charge is 2.42. The van der Waals surface area contributed by atoms with Gasteiger partial charge in [0.2, 0.25) is 15.9 Å². The molecule has 8 heteroatoms. The van der Waals surface area contributed by atoms with Crippen molar-refractivity contribution in [1.29, 1.82) is 0 Å². The molecule has 132 valence electrons. The first-order valence-electron chi connectivity index (χ1n) is 8.00. The molecule has 0 aromatic heterocycles. The molecule has 24 heavy (non-hydrogen) atoms. The number of rotatable bonds is 3. The van der Waals surface area contributed by atoms with E-state index in [0.29, 0.717) is 39.0 Å². The van der Waals surface area contributed by atoms with Gasteiger partial charge in [-0.1, -0.05) is 18.2 Å². The normalized spacial score (nSPS) is 21.7. The summed E-state index contributed by atoms with van der Waals surface area (Å²) in [4.78, 5) is 13.1. The van der Waals surface area contributed by atoms with E-state index in [-0.39, 0.29) is 12.5 Å². The van der Waals surface area contributed by atoms with E-state index in [9.17, 15) is 13.2 Å². The van der Waals surface area contributed by atoms with Crippen LogP contribution in [0.1, 0.15) is 18.4 Å². The van der Waals surface area contributed by atoms with Crippen molar-refractivity contribution in [2.45, 2.75) is 25.0 Å². The number of amides is 1. The highest BCUT2D eigenvalue weighted by atomic mass is 32.2. The fraction of sp³-hybridized carbons (Fsp3) is 0.562. The number of primary amides is 1. The molecule has 1 saturated heterocycles. The predicted molar refractivity (Wildman–Crippen MR) is 89.9 cm³/mol. The second-order valence-corrected chi connectivity index (χ2v) is 8.65. The fourth-order valence-electron chi connectivity index (χ4n) is 3.40. The molecule has 0 unspecified atom stereocenters. The van der Waals surface area contributed by atoms with Gasteiger partial charge in [-0.2, -0.15) is 4.31 Å². The van der Waals surface area contributed by atoms with Crippen molar-refractivity contribution in [2.75, 3.05) is 32.4 Å². The SMILES string of the molecule is CS(=O)(=O)N1Cc2ccccc2OC2(CCN(CC(N)=O)CC2)C1. The highest BCUT2D eigenvalue weighted by Crippen LogP contribution is 2.36. The van der Waals surface area contributed by atoms with Crippen molar-refractivity contribution in [3.8, 4) is 5.75 Å². The Hall–Kier alpha value is -1.64. The zero-order valence-corrected chi connectivity index (χ0v) is 14.6. The minimum Gasteiger partial charge on any atom is -0.485 e. The summed E-state index contributed by atoms with van der Waals surface area (Å²) >= 11 is 0. The number of likely N-dealkylation sites (tertiary alicyclic amines) is 1. The summed E-state index contributed by atoms with van der Waals surface area (Å²) in [6.45, 7) is 2.18. The lowest BCUT2D eigenvalue weighted by molar-refractivity contribution is -0.120. The maximum atomic E-state index is 12.2. The van der Waals surface area contributed by atoms with Crippen LogP contribution in [0.4, 0.5) is 0 Å². The van der Waals surface area contributed by atoms with E-state index in [0.717, 1.165) is 11.3 Å². The molecule has 0 radical (unpaired) electrons. The minimum atomic E-state index is -3.33. The lowest BCUT2D eigenvalue weighted by Crippen LogP contribution is -2.54. The third-order valence-electron chi connectivity index (χ3n) is 4.73. The Morgan fingerprint density at radius 3 is 2.58 bits per heavy atom. The third-order valence-corrected chi connectivity index (χ3v) is 5.92. The first kappa shape index (κ1) is 17.2. The van der Waals surface area contributed by atoms with Crippen LogP contribution in [-0.4, -0.2) is 61.6 Å². The molecule has 2 aliphatic rings. The van der Waals surface area contributed by atoms with Gasteiger partial charge in [0.05, 0.1) is 19.3 Å². The lowest BCUT2D eigenvalue weighted by atomic mass is 9.91. The van der Waals surface area contributed by atoms with Crippen molar-refractivity contribution in [2.24, 2.45) is 5.73 Å². The summed E-state index contributed by atoms with van der Waals surface area (Å²) in [6, 6.07) is 7.56. The first-order chi connectivity index (χ1) is 11.3. The first-order valence-corrected chi connectivity index (χ1v) is 9.85. The number of ether oxygens (including phenoxy) is 1. The number of nitrogens with zero attached hydrogens (tertiary/aromatic N) is 2. The topological polar surface area (TPSA) is 92.9 Å². The molecule has 0 saturated carbocycles. The van der Waals surface area contributed by atoms with Gasteiger partial charge in [-0.25, -0.2) is 8.42 Å². The van der Waals surface area contributed by atoms with Crippen molar-refractivity contribution >= 4 is 15.9 Å². The van der Waals surface area contributed by atoms with Gasteiger partial charge in [-0.05, 0) is 6.07 Å². The van der Waals surface area contributed by atoms with Crippen LogP contribution in [0.25, 0.3) is 0 Å². The summed E-state index contributed by atoms with van der Waals surface area (Å²) in [7, 11) is -3.33. The Labute approximate surface area is 142 Å². The average molecular weight is 353 g/mol. The van der Waals surface area contributed by atoms with Crippen LogP contribution in [0.15, 0.2) is 24.3 Å². The minimum absolute atomic E-state index is 0.225. The van der Waals surface area contributed by atoms with Crippen molar-refractivity contribution in [3.63, 3.8) is 0 Å². The smallest absolute Gasteiger partial charge is 0.231 e. The number of piperidine rings is 1. The fourth-order valence-corrected chi connectivity index (χ4v) is 4.24. The molecule has 0 bridgehead atoms.